The highest BCUT2D eigenvalue weighted by molar-refractivity contribution is 7.17. The van der Waals surface area contributed by atoms with Crippen molar-refractivity contribution in [1.82, 2.24) is 19.8 Å². The fraction of sp³-hybridized carbons (Fsp3) is 0.276. The van der Waals surface area contributed by atoms with Crippen molar-refractivity contribution in [2.45, 2.75) is 0 Å². The van der Waals surface area contributed by atoms with E-state index in [9.17, 15) is 4.79 Å². The Bertz CT molecular complexity index is 1440. The predicted molar refractivity (Wildman–Crippen MR) is 160 cm³/mol. The average Bonchev–Trinajstić information content (AvgIpc) is 3.39. The van der Waals surface area contributed by atoms with Crippen LogP contribution < -0.4 is 20.3 Å². The molecule has 1 amide bonds. The molecule has 10 heteroatoms. The van der Waals surface area contributed by atoms with Crippen LogP contribution in [-0.2, 0) is 4.79 Å². The van der Waals surface area contributed by atoms with Crippen molar-refractivity contribution in [3.63, 3.8) is 0 Å². The van der Waals surface area contributed by atoms with E-state index >= 15 is 0 Å². The van der Waals surface area contributed by atoms with Crippen LogP contribution in [0.1, 0.15) is 0 Å². The molecule has 2 N–H and O–H groups in total. The summed E-state index contributed by atoms with van der Waals surface area (Å²) in [4.78, 5) is 28.3. The van der Waals surface area contributed by atoms with Gasteiger partial charge in [0.25, 0.3) is 0 Å². The van der Waals surface area contributed by atoms with Gasteiger partial charge in [0.2, 0.25) is 17.7 Å². The molecule has 2 aromatic carbocycles. The number of hydrogen-bond acceptors (Lipinski definition) is 9. The van der Waals surface area contributed by atoms with Crippen molar-refractivity contribution < 1.29 is 9.53 Å². The lowest BCUT2D eigenvalue weighted by molar-refractivity contribution is -0.111. The number of anilines is 4. The van der Waals surface area contributed by atoms with Gasteiger partial charge >= 0.3 is 0 Å². The number of carbonyl (C=O) groups is 1. The number of nitrogens with zero attached hydrogens (tertiary/aromatic N) is 5. The molecule has 5 rings (SSSR count). The summed E-state index contributed by atoms with van der Waals surface area (Å²) >= 11 is 1.52. The molecule has 1 aliphatic heterocycles. The molecular weight excluding hydrogens is 510 g/mol. The largest absolute Gasteiger partial charge is 0.437 e. The summed E-state index contributed by atoms with van der Waals surface area (Å²) in [6.45, 7) is 4.89. The molecule has 0 spiro atoms. The van der Waals surface area contributed by atoms with Crippen molar-refractivity contribution in [3.8, 4) is 11.6 Å². The normalized spacial score (nSPS) is 14.3. The summed E-state index contributed by atoms with van der Waals surface area (Å²) in [6.07, 6.45) is 3.35. The minimum absolute atomic E-state index is 0.193. The molecule has 2 aromatic heterocycles. The lowest BCUT2D eigenvalue weighted by Crippen LogP contribution is -2.44. The molecule has 3 heterocycles. The van der Waals surface area contributed by atoms with Crippen molar-refractivity contribution >= 4 is 50.5 Å². The van der Waals surface area contributed by atoms with Gasteiger partial charge in [-0.05, 0) is 69.0 Å². The lowest BCUT2D eigenvalue weighted by Gasteiger charge is -2.34. The van der Waals surface area contributed by atoms with E-state index < -0.39 is 0 Å². The van der Waals surface area contributed by atoms with E-state index in [0.29, 0.717) is 29.8 Å². The van der Waals surface area contributed by atoms with Crippen LogP contribution in [-0.4, -0.2) is 79.5 Å². The highest BCUT2D eigenvalue weighted by atomic mass is 32.1. The minimum Gasteiger partial charge on any atom is -0.437 e. The van der Waals surface area contributed by atoms with Crippen LogP contribution in [0.15, 0.2) is 72.1 Å². The Morgan fingerprint density at radius 2 is 1.85 bits per heavy atom. The number of thiophene rings is 1. The first-order chi connectivity index (χ1) is 18.9. The summed E-state index contributed by atoms with van der Waals surface area (Å²) in [6, 6.07) is 17.6. The van der Waals surface area contributed by atoms with Gasteiger partial charge in [0, 0.05) is 61.9 Å². The summed E-state index contributed by atoms with van der Waals surface area (Å²) in [5.74, 6) is 1.29. The van der Waals surface area contributed by atoms with Crippen molar-refractivity contribution in [3.05, 3.63) is 72.1 Å². The molecule has 202 valence electrons. The molecule has 1 saturated heterocycles. The molecule has 39 heavy (non-hydrogen) atoms. The maximum atomic E-state index is 12.3. The zero-order chi connectivity index (χ0) is 27.2. The van der Waals surface area contributed by atoms with Crippen molar-refractivity contribution in [1.29, 1.82) is 0 Å². The number of rotatable bonds is 9. The third kappa shape index (κ3) is 7.11. The van der Waals surface area contributed by atoms with E-state index in [1.165, 1.54) is 23.1 Å². The van der Waals surface area contributed by atoms with E-state index in [0.717, 1.165) is 42.1 Å². The number of hydrogen-bond donors (Lipinski definition) is 2. The smallest absolute Gasteiger partial charge is 0.248 e. The number of likely N-dealkylation sites (N-methyl/N-ethyl adjacent to an activating group) is 2. The van der Waals surface area contributed by atoms with Crippen LogP contribution in [0.25, 0.3) is 10.2 Å². The average molecular weight is 544 g/mol. The second-order valence-corrected chi connectivity index (χ2v) is 10.6. The van der Waals surface area contributed by atoms with E-state index in [-0.39, 0.29) is 5.91 Å². The van der Waals surface area contributed by atoms with Gasteiger partial charge in [0.1, 0.15) is 10.4 Å². The van der Waals surface area contributed by atoms with Gasteiger partial charge in [-0.3, -0.25) is 4.79 Å². The van der Waals surface area contributed by atoms with E-state index in [1.54, 1.807) is 6.07 Å². The SMILES string of the molecule is CN(C)C/C=C/C(=O)Nc1cccc(Oc2nc(Nc3ccc(N4CCN(C)CC4)cc3)nc3ccsc23)c1. The van der Waals surface area contributed by atoms with E-state index in [4.69, 9.17) is 4.74 Å². The van der Waals surface area contributed by atoms with Crippen LogP contribution in [0, 0.1) is 0 Å². The van der Waals surface area contributed by atoms with Crippen LogP contribution in [0.4, 0.5) is 23.0 Å². The molecule has 0 radical (unpaired) electrons. The molecule has 1 aliphatic rings. The number of aromatic nitrogens is 2. The Morgan fingerprint density at radius 1 is 1.05 bits per heavy atom. The first kappa shape index (κ1) is 26.6. The Hall–Kier alpha value is -3.99. The zero-order valence-corrected chi connectivity index (χ0v) is 23.2. The fourth-order valence-electron chi connectivity index (χ4n) is 4.21. The third-order valence-corrected chi connectivity index (χ3v) is 7.21. The van der Waals surface area contributed by atoms with E-state index in [2.05, 4.69) is 61.7 Å². The highest BCUT2D eigenvalue weighted by Gasteiger charge is 2.15. The summed E-state index contributed by atoms with van der Waals surface area (Å²) in [5.41, 5.74) is 3.56. The lowest BCUT2D eigenvalue weighted by atomic mass is 10.2. The predicted octanol–water partition coefficient (Wildman–Crippen LogP) is 5.04. The monoisotopic (exact) mass is 543 g/mol. The summed E-state index contributed by atoms with van der Waals surface area (Å²) < 4.78 is 7.06. The summed E-state index contributed by atoms with van der Waals surface area (Å²) in [5, 5.41) is 8.17. The molecule has 0 atom stereocenters. The zero-order valence-electron chi connectivity index (χ0n) is 22.4. The minimum atomic E-state index is -0.193. The summed E-state index contributed by atoms with van der Waals surface area (Å²) in [7, 11) is 6.06. The molecule has 0 unspecified atom stereocenters. The standard InChI is InChI=1S/C29H33N7O2S/c1-34(2)14-5-8-26(37)30-22-6-4-7-24(20-22)38-28-27-25(13-19-39-27)32-29(33-28)31-21-9-11-23(12-10-21)36-17-15-35(3)16-18-36/h4-13,19-20H,14-18H2,1-3H3,(H,30,37)(H,31,32,33)/b8-5+. The number of fused-ring (bicyclic) bond motifs is 1. The van der Waals surface area contributed by atoms with Crippen molar-refractivity contribution in [2.24, 2.45) is 0 Å². The second-order valence-electron chi connectivity index (χ2n) is 9.73. The molecule has 9 nitrogen and oxygen atoms in total. The molecular formula is C29H33N7O2S. The Kier molecular flexibility index (Phi) is 8.36. The maximum absolute atomic E-state index is 12.3. The number of nitrogens with one attached hydrogen (secondary N) is 2. The number of amides is 1. The number of benzene rings is 2. The Balaban J connectivity index is 1.29. The first-order valence-corrected chi connectivity index (χ1v) is 13.8. The first-order valence-electron chi connectivity index (χ1n) is 12.9. The van der Waals surface area contributed by atoms with Crippen LogP contribution >= 0.6 is 11.3 Å². The van der Waals surface area contributed by atoms with Crippen molar-refractivity contribution in [2.75, 3.05) is 69.4 Å². The van der Waals surface area contributed by atoms with Crippen LogP contribution in [0.3, 0.4) is 0 Å². The number of ether oxygens (including phenoxy) is 1. The highest BCUT2D eigenvalue weighted by Crippen LogP contribution is 2.34. The maximum Gasteiger partial charge on any atom is 0.248 e. The van der Waals surface area contributed by atoms with Gasteiger partial charge < -0.3 is 30.1 Å². The van der Waals surface area contributed by atoms with E-state index in [1.807, 2.05) is 54.7 Å². The molecule has 0 bridgehead atoms. The van der Waals surface area contributed by atoms with Gasteiger partial charge in [-0.15, -0.1) is 11.3 Å². The van der Waals surface area contributed by atoms with Gasteiger partial charge in [-0.2, -0.15) is 4.98 Å². The molecule has 1 fully saturated rings. The topological polar surface area (TPSA) is 85.9 Å². The van der Waals surface area contributed by atoms with Crippen LogP contribution in [0.2, 0.25) is 0 Å². The second kappa shape index (κ2) is 12.2. The Labute approximate surface area is 232 Å². The van der Waals surface area contributed by atoms with Gasteiger partial charge in [-0.25, -0.2) is 4.98 Å². The fourth-order valence-corrected chi connectivity index (χ4v) is 4.97. The van der Waals surface area contributed by atoms with Gasteiger partial charge in [0.15, 0.2) is 0 Å². The molecule has 0 aliphatic carbocycles. The Morgan fingerprint density at radius 3 is 2.62 bits per heavy atom. The third-order valence-electron chi connectivity index (χ3n) is 6.32. The molecule has 4 aromatic rings. The quantitative estimate of drug-likeness (QED) is 0.284. The van der Waals surface area contributed by atoms with Gasteiger partial charge in [0.05, 0.1) is 5.52 Å². The molecule has 0 saturated carbocycles. The van der Waals surface area contributed by atoms with Gasteiger partial charge in [-0.1, -0.05) is 12.1 Å². The number of carbonyl (C=O) groups excluding carboxylic acids is 1. The number of piperazine rings is 1. The van der Waals surface area contributed by atoms with Crippen LogP contribution in [0.5, 0.6) is 11.6 Å².